The van der Waals surface area contributed by atoms with E-state index >= 15 is 0 Å². The van der Waals surface area contributed by atoms with Crippen LogP contribution in [0.1, 0.15) is 36.3 Å². The van der Waals surface area contributed by atoms with Crippen molar-refractivity contribution in [1.29, 1.82) is 0 Å². The molecule has 1 atom stereocenters. The second kappa shape index (κ2) is 10.1. The monoisotopic (exact) mass is 436 g/mol. The van der Waals surface area contributed by atoms with Crippen molar-refractivity contribution in [3.8, 4) is 17.2 Å². The first-order valence-electron chi connectivity index (χ1n) is 11.1. The fraction of sp³-hybridized carbons (Fsp3) is 0.385. The summed E-state index contributed by atoms with van der Waals surface area (Å²) < 4.78 is 24.6. The minimum atomic E-state index is -0.420. The molecule has 3 aromatic rings. The summed E-state index contributed by atoms with van der Waals surface area (Å²) in [6.07, 6.45) is 3.33. The lowest BCUT2D eigenvalue weighted by Gasteiger charge is -2.31. The van der Waals surface area contributed by atoms with E-state index in [2.05, 4.69) is 22.0 Å². The SMILES string of the molecule is COc1cc(-c2nc(CN3CCC[C@H](C(=O)CCc4ccccc4)C3)c(C)o2)ccc1F. The molecule has 0 radical (unpaired) electrons. The van der Waals surface area contributed by atoms with Crippen LogP contribution < -0.4 is 4.74 Å². The maximum Gasteiger partial charge on any atom is 0.226 e. The Morgan fingerprint density at radius 3 is 2.84 bits per heavy atom. The number of Topliss-reactive ketones (excluding diaryl/α,β-unsaturated/α-hetero) is 1. The van der Waals surface area contributed by atoms with Gasteiger partial charge in [0, 0.05) is 31.0 Å². The van der Waals surface area contributed by atoms with Crippen molar-refractivity contribution in [2.75, 3.05) is 20.2 Å². The number of piperidine rings is 1. The summed E-state index contributed by atoms with van der Waals surface area (Å²) in [6.45, 7) is 4.21. The Morgan fingerprint density at radius 1 is 1.25 bits per heavy atom. The third-order valence-corrected chi connectivity index (χ3v) is 6.13. The molecule has 0 N–H and O–H groups in total. The van der Waals surface area contributed by atoms with Crippen LogP contribution in [0.2, 0.25) is 0 Å². The number of ketones is 1. The number of ether oxygens (including phenoxy) is 1. The highest BCUT2D eigenvalue weighted by Crippen LogP contribution is 2.28. The van der Waals surface area contributed by atoms with Crippen LogP contribution in [0.5, 0.6) is 5.75 Å². The molecule has 5 nitrogen and oxygen atoms in total. The molecule has 1 aliphatic heterocycles. The normalized spacial score (nSPS) is 16.8. The Labute approximate surface area is 188 Å². The van der Waals surface area contributed by atoms with Gasteiger partial charge in [0.15, 0.2) is 11.6 Å². The van der Waals surface area contributed by atoms with Gasteiger partial charge in [-0.25, -0.2) is 9.37 Å². The quantitative estimate of drug-likeness (QED) is 0.485. The molecule has 0 unspecified atom stereocenters. The Hall–Kier alpha value is -2.99. The highest BCUT2D eigenvalue weighted by atomic mass is 19.1. The zero-order valence-electron chi connectivity index (χ0n) is 18.6. The third kappa shape index (κ3) is 5.25. The van der Waals surface area contributed by atoms with Crippen molar-refractivity contribution >= 4 is 5.78 Å². The fourth-order valence-corrected chi connectivity index (χ4v) is 4.28. The predicted molar refractivity (Wildman–Crippen MR) is 121 cm³/mol. The van der Waals surface area contributed by atoms with Crippen molar-refractivity contribution in [2.45, 2.75) is 39.2 Å². The summed E-state index contributed by atoms with van der Waals surface area (Å²) in [7, 11) is 1.43. The molecule has 1 aromatic heterocycles. The summed E-state index contributed by atoms with van der Waals surface area (Å²) in [6, 6.07) is 14.7. The summed E-state index contributed by atoms with van der Waals surface area (Å²) in [5, 5.41) is 0. The Kier molecular flexibility index (Phi) is 7.00. The van der Waals surface area contributed by atoms with E-state index in [-0.39, 0.29) is 11.7 Å². The highest BCUT2D eigenvalue weighted by Gasteiger charge is 2.26. The molecule has 1 aliphatic rings. The second-order valence-electron chi connectivity index (χ2n) is 8.40. The zero-order valence-corrected chi connectivity index (χ0v) is 18.6. The van der Waals surface area contributed by atoms with E-state index in [0.717, 1.165) is 43.8 Å². The fourth-order valence-electron chi connectivity index (χ4n) is 4.28. The summed E-state index contributed by atoms with van der Waals surface area (Å²) in [4.78, 5) is 19.8. The first-order valence-corrected chi connectivity index (χ1v) is 11.1. The molecule has 0 amide bonds. The number of aromatic nitrogens is 1. The first-order chi connectivity index (χ1) is 15.5. The van der Waals surface area contributed by atoms with E-state index in [0.29, 0.717) is 30.2 Å². The van der Waals surface area contributed by atoms with Crippen molar-refractivity contribution in [3.63, 3.8) is 0 Å². The van der Waals surface area contributed by atoms with Gasteiger partial charge in [-0.05, 0) is 56.5 Å². The van der Waals surface area contributed by atoms with Crippen LogP contribution in [0, 0.1) is 18.7 Å². The molecule has 4 rings (SSSR count). The van der Waals surface area contributed by atoms with Crippen LogP contribution in [0.25, 0.3) is 11.5 Å². The zero-order chi connectivity index (χ0) is 22.5. The number of aryl methyl sites for hydroxylation is 2. The number of nitrogens with zero attached hydrogens (tertiary/aromatic N) is 2. The molecule has 32 heavy (non-hydrogen) atoms. The molecule has 168 valence electrons. The molecule has 2 aromatic carbocycles. The molecule has 0 saturated carbocycles. The van der Waals surface area contributed by atoms with E-state index in [1.54, 1.807) is 12.1 Å². The van der Waals surface area contributed by atoms with Crippen molar-refractivity contribution < 1.29 is 18.3 Å². The molecule has 0 aliphatic carbocycles. The van der Waals surface area contributed by atoms with Crippen molar-refractivity contribution in [3.05, 3.63) is 71.4 Å². The standard InChI is InChI=1S/C26H29FN2O3/c1-18-23(28-26(32-18)20-11-12-22(27)25(15-20)31-2)17-29-14-6-9-21(16-29)24(30)13-10-19-7-4-3-5-8-19/h3-5,7-8,11-12,15,21H,6,9-10,13-14,16-17H2,1-2H3/t21-/m0/s1. The number of carbonyl (C=O) groups excluding carboxylic acids is 1. The van der Waals surface area contributed by atoms with Gasteiger partial charge in [0.2, 0.25) is 5.89 Å². The van der Waals surface area contributed by atoms with Gasteiger partial charge in [-0.2, -0.15) is 0 Å². The van der Waals surface area contributed by atoms with Gasteiger partial charge in [0.05, 0.1) is 12.8 Å². The number of methoxy groups -OCH3 is 1. The van der Waals surface area contributed by atoms with Crippen LogP contribution in [-0.4, -0.2) is 35.9 Å². The summed E-state index contributed by atoms with van der Waals surface area (Å²) >= 11 is 0. The highest BCUT2D eigenvalue weighted by molar-refractivity contribution is 5.81. The topological polar surface area (TPSA) is 55.6 Å². The second-order valence-corrected chi connectivity index (χ2v) is 8.40. The number of halogens is 1. The van der Waals surface area contributed by atoms with Crippen LogP contribution in [0.4, 0.5) is 4.39 Å². The van der Waals surface area contributed by atoms with Crippen LogP contribution in [0.15, 0.2) is 52.9 Å². The smallest absolute Gasteiger partial charge is 0.226 e. The lowest BCUT2D eigenvalue weighted by molar-refractivity contribution is -0.124. The van der Waals surface area contributed by atoms with Gasteiger partial charge in [0.25, 0.3) is 0 Å². The van der Waals surface area contributed by atoms with Crippen molar-refractivity contribution in [2.24, 2.45) is 5.92 Å². The molecular weight excluding hydrogens is 407 g/mol. The van der Waals surface area contributed by atoms with Crippen LogP contribution in [-0.2, 0) is 17.8 Å². The van der Waals surface area contributed by atoms with E-state index in [4.69, 9.17) is 9.15 Å². The maximum absolute atomic E-state index is 13.7. The molecular formula is C26H29FN2O3. The maximum atomic E-state index is 13.7. The molecule has 0 spiro atoms. The Bertz CT molecular complexity index is 1060. The number of rotatable bonds is 8. The van der Waals surface area contributed by atoms with Gasteiger partial charge in [-0.1, -0.05) is 30.3 Å². The van der Waals surface area contributed by atoms with Gasteiger partial charge < -0.3 is 9.15 Å². The van der Waals surface area contributed by atoms with Crippen LogP contribution in [0.3, 0.4) is 0 Å². The summed E-state index contributed by atoms with van der Waals surface area (Å²) in [5.74, 6) is 1.34. The third-order valence-electron chi connectivity index (χ3n) is 6.13. The van der Waals surface area contributed by atoms with Gasteiger partial charge in [-0.3, -0.25) is 9.69 Å². The average molecular weight is 437 g/mol. The Morgan fingerprint density at radius 2 is 2.06 bits per heavy atom. The van der Waals surface area contributed by atoms with E-state index in [1.807, 2.05) is 25.1 Å². The number of likely N-dealkylation sites (tertiary alicyclic amines) is 1. The summed E-state index contributed by atoms with van der Waals surface area (Å²) in [5.41, 5.74) is 2.72. The molecule has 0 bridgehead atoms. The number of benzene rings is 2. The van der Waals surface area contributed by atoms with Crippen LogP contribution >= 0.6 is 0 Å². The molecule has 2 heterocycles. The van der Waals surface area contributed by atoms with E-state index in [1.165, 1.54) is 18.7 Å². The largest absolute Gasteiger partial charge is 0.494 e. The minimum Gasteiger partial charge on any atom is -0.494 e. The first kappa shape index (κ1) is 22.2. The predicted octanol–water partition coefficient (Wildman–Crippen LogP) is 5.21. The number of oxazole rings is 1. The molecule has 6 heteroatoms. The van der Waals surface area contributed by atoms with Gasteiger partial charge >= 0.3 is 0 Å². The number of hydrogen-bond acceptors (Lipinski definition) is 5. The van der Waals surface area contributed by atoms with Gasteiger partial charge in [0.1, 0.15) is 11.5 Å². The average Bonchev–Trinajstić information content (AvgIpc) is 3.18. The number of hydrogen-bond donors (Lipinski definition) is 0. The number of carbonyl (C=O) groups is 1. The molecule has 1 saturated heterocycles. The lowest BCUT2D eigenvalue weighted by atomic mass is 9.90. The Balaban J connectivity index is 1.38. The van der Waals surface area contributed by atoms with Crippen molar-refractivity contribution in [1.82, 2.24) is 9.88 Å². The molecule has 1 fully saturated rings. The van der Waals surface area contributed by atoms with E-state index < -0.39 is 5.82 Å². The van der Waals surface area contributed by atoms with E-state index in [9.17, 15) is 9.18 Å². The minimum absolute atomic E-state index is 0.0699. The van der Waals surface area contributed by atoms with Gasteiger partial charge in [-0.15, -0.1) is 0 Å². The lowest BCUT2D eigenvalue weighted by Crippen LogP contribution is -2.38.